The summed E-state index contributed by atoms with van der Waals surface area (Å²) in [5, 5.41) is 0. The number of Topliss-reactive ketones (excluding diaryl/α,β-unsaturated/α-hetero) is 1. The van der Waals surface area contributed by atoms with E-state index in [4.69, 9.17) is 11.5 Å². The summed E-state index contributed by atoms with van der Waals surface area (Å²) in [7, 11) is 0. The van der Waals surface area contributed by atoms with Crippen LogP contribution in [-0.2, 0) is 4.79 Å². The Balaban J connectivity index is 2.93. The van der Waals surface area contributed by atoms with Gasteiger partial charge in [0.2, 0.25) is 0 Å². The van der Waals surface area contributed by atoms with Gasteiger partial charge in [0.15, 0.2) is 0 Å². The van der Waals surface area contributed by atoms with E-state index in [0.717, 1.165) is 16.7 Å². The predicted octanol–water partition coefficient (Wildman–Crippen LogP) is 1.60. The predicted molar refractivity (Wildman–Crippen MR) is 66.6 cm³/mol. The first-order valence-corrected chi connectivity index (χ1v) is 5.29. The lowest BCUT2D eigenvalue weighted by atomic mass is 9.95. The van der Waals surface area contributed by atoms with Crippen molar-refractivity contribution >= 4 is 11.4 Å². The van der Waals surface area contributed by atoms with Gasteiger partial charge in [0.05, 0.1) is 6.04 Å². The number of nitrogens with two attached hydrogens (primary N) is 2. The molecule has 0 heterocycles. The van der Waals surface area contributed by atoms with Gasteiger partial charge < -0.3 is 11.5 Å². The Labute approximate surface area is 96.1 Å². The normalized spacial score (nSPS) is 13.6. The molecule has 0 saturated heterocycles. The van der Waals surface area contributed by atoms with Crippen LogP contribution in [-0.4, -0.2) is 11.8 Å². The van der Waals surface area contributed by atoms with E-state index in [1.54, 1.807) is 0 Å². The van der Waals surface area contributed by atoms with Crippen LogP contribution in [0.2, 0.25) is 0 Å². The Kier molecular flexibility index (Phi) is 4.26. The van der Waals surface area contributed by atoms with E-state index in [-0.39, 0.29) is 5.78 Å². The minimum absolute atomic E-state index is 0.0204. The summed E-state index contributed by atoms with van der Waals surface area (Å²) >= 11 is 0. The first-order chi connectivity index (χ1) is 7.56. The molecule has 1 atom stereocenters. The topological polar surface area (TPSA) is 69.1 Å². The average molecular weight is 218 g/mol. The number of hydrogen-bond acceptors (Lipinski definition) is 3. The maximum Gasteiger partial charge on any atom is 0.146 e. The van der Waals surface area contributed by atoms with Crippen molar-refractivity contribution in [2.24, 2.45) is 11.5 Å². The van der Waals surface area contributed by atoms with E-state index in [2.05, 4.69) is 0 Å². The van der Waals surface area contributed by atoms with Crippen LogP contribution in [0.1, 0.15) is 24.5 Å². The zero-order chi connectivity index (χ0) is 12.1. The molecule has 0 saturated carbocycles. The third-order valence-corrected chi connectivity index (χ3v) is 2.65. The fourth-order valence-corrected chi connectivity index (χ4v) is 1.58. The molecule has 1 aromatic carbocycles. The molecule has 0 aliphatic rings. The van der Waals surface area contributed by atoms with Gasteiger partial charge in [-0.3, -0.25) is 4.79 Å². The molecular weight excluding hydrogens is 200 g/mol. The monoisotopic (exact) mass is 218 g/mol. The molecule has 0 bridgehead atoms. The lowest BCUT2D eigenvalue weighted by Gasteiger charge is -2.13. The van der Waals surface area contributed by atoms with Gasteiger partial charge >= 0.3 is 0 Å². The molecule has 0 fully saturated rings. The van der Waals surface area contributed by atoms with Crippen molar-refractivity contribution in [2.75, 3.05) is 0 Å². The summed E-state index contributed by atoms with van der Waals surface area (Å²) in [4.78, 5) is 11.1. The Hall–Kier alpha value is -1.61. The molecular formula is C13H18N2O. The molecule has 1 rings (SSSR count). The second-order valence-corrected chi connectivity index (χ2v) is 3.93. The minimum Gasteiger partial charge on any atom is -0.404 e. The summed E-state index contributed by atoms with van der Waals surface area (Å²) in [6.07, 6.45) is 2.02. The zero-order valence-electron chi connectivity index (χ0n) is 9.73. The number of benzene rings is 1. The van der Waals surface area contributed by atoms with Gasteiger partial charge in [-0.25, -0.2) is 0 Å². The van der Waals surface area contributed by atoms with Crippen LogP contribution in [0.4, 0.5) is 0 Å². The van der Waals surface area contributed by atoms with Gasteiger partial charge in [-0.15, -0.1) is 0 Å². The molecule has 0 aliphatic heterocycles. The van der Waals surface area contributed by atoms with Gasteiger partial charge in [-0.1, -0.05) is 24.3 Å². The zero-order valence-corrected chi connectivity index (χ0v) is 9.73. The molecule has 16 heavy (non-hydrogen) atoms. The summed E-state index contributed by atoms with van der Waals surface area (Å²) in [6, 6.07) is 7.44. The average Bonchev–Trinajstić information content (AvgIpc) is 2.26. The molecule has 86 valence electrons. The van der Waals surface area contributed by atoms with Crippen LogP contribution >= 0.6 is 0 Å². The van der Waals surface area contributed by atoms with Crippen molar-refractivity contribution in [1.82, 2.24) is 0 Å². The maximum absolute atomic E-state index is 11.1. The Morgan fingerprint density at radius 2 is 2.06 bits per heavy atom. The van der Waals surface area contributed by atoms with Crippen molar-refractivity contribution in [3.63, 3.8) is 0 Å². The molecule has 0 aliphatic carbocycles. The number of carbonyl (C=O) groups is 1. The molecule has 0 radical (unpaired) electrons. The second kappa shape index (κ2) is 5.47. The highest BCUT2D eigenvalue weighted by Crippen LogP contribution is 2.21. The molecule has 3 nitrogen and oxygen atoms in total. The highest BCUT2D eigenvalue weighted by atomic mass is 16.1. The van der Waals surface area contributed by atoms with Crippen molar-refractivity contribution in [3.8, 4) is 0 Å². The fourth-order valence-electron chi connectivity index (χ4n) is 1.58. The van der Waals surface area contributed by atoms with E-state index in [1.165, 1.54) is 13.1 Å². The molecule has 1 unspecified atom stereocenters. The smallest absolute Gasteiger partial charge is 0.146 e. The van der Waals surface area contributed by atoms with Gasteiger partial charge in [0.25, 0.3) is 0 Å². The van der Waals surface area contributed by atoms with E-state index >= 15 is 0 Å². The Bertz CT molecular complexity index is 410. The first kappa shape index (κ1) is 12.5. The second-order valence-electron chi connectivity index (χ2n) is 3.93. The van der Waals surface area contributed by atoms with Crippen LogP contribution in [0.15, 0.2) is 30.5 Å². The number of carbonyl (C=O) groups excluding carboxylic acids is 1. The SMILES string of the molecule is CC(=O)C(N)C/C(=C/N)c1ccccc1C. The van der Waals surface area contributed by atoms with Crippen molar-refractivity contribution in [1.29, 1.82) is 0 Å². The highest BCUT2D eigenvalue weighted by molar-refractivity contribution is 5.84. The van der Waals surface area contributed by atoms with Crippen molar-refractivity contribution in [3.05, 3.63) is 41.6 Å². The van der Waals surface area contributed by atoms with Crippen molar-refractivity contribution < 1.29 is 4.79 Å². The Morgan fingerprint density at radius 3 is 2.56 bits per heavy atom. The first-order valence-electron chi connectivity index (χ1n) is 5.29. The van der Waals surface area contributed by atoms with Crippen LogP contribution < -0.4 is 11.5 Å². The maximum atomic E-state index is 11.1. The largest absolute Gasteiger partial charge is 0.404 e. The molecule has 1 aromatic rings. The molecule has 0 aromatic heterocycles. The summed E-state index contributed by atoms with van der Waals surface area (Å²) in [6.45, 7) is 3.51. The highest BCUT2D eigenvalue weighted by Gasteiger charge is 2.13. The minimum atomic E-state index is -0.477. The Morgan fingerprint density at radius 1 is 1.44 bits per heavy atom. The number of rotatable bonds is 4. The van der Waals surface area contributed by atoms with Gasteiger partial charge in [-0.05, 0) is 43.2 Å². The summed E-state index contributed by atoms with van der Waals surface area (Å²) in [5.74, 6) is -0.0204. The van der Waals surface area contributed by atoms with E-state index < -0.39 is 6.04 Å². The third-order valence-electron chi connectivity index (χ3n) is 2.65. The van der Waals surface area contributed by atoms with Crippen molar-refractivity contribution in [2.45, 2.75) is 26.3 Å². The van der Waals surface area contributed by atoms with E-state index in [1.807, 2.05) is 31.2 Å². The molecule has 3 heteroatoms. The number of hydrogen-bond donors (Lipinski definition) is 2. The van der Waals surface area contributed by atoms with Crippen LogP contribution in [0.25, 0.3) is 5.57 Å². The van der Waals surface area contributed by atoms with E-state index in [0.29, 0.717) is 6.42 Å². The lowest BCUT2D eigenvalue weighted by molar-refractivity contribution is -0.118. The number of aryl methyl sites for hydroxylation is 1. The van der Waals surface area contributed by atoms with Gasteiger partial charge in [-0.2, -0.15) is 0 Å². The molecule has 4 N–H and O–H groups in total. The van der Waals surface area contributed by atoms with Crippen LogP contribution in [0.5, 0.6) is 0 Å². The lowest BCUT2D eigenvalue weighted by Crippen LogP contribution is -2.28. The van der Waals surface area contributed by atoms with E-state index in [9.17, 15) is 4.79 Å². The fraction of sp³-hybridized carbons (Fsp3) is 0.308. The van der Waals surface area contributed by atoms with Crippen LogP contribution in [0, 0.1) is 6.92 Å². The molecule has 0 amide bonds. The molecule has 0 spiro atoms. The third kappa shape index (κ3) is 2.94. The standard InChI is InChI=1S/C13H18N2O/c1-9-5-3-4-6-12(9)11(8-14)7-13(15)10(2)16/h3-6,8,13H,7,14-15H2,1-2H3/b11-8-. The van der Waals surface area contributed by atoms with Crippen LogP contribution in [0.3, 0.4) is 0 Å². The summed E-state index contributed by atoms with van der Waals surface area (Å²) < 4.78 is 0. The number of ketones is 1. The summed E-state index contributed by atoms with van der Waals surface area (Å²) in [5.41, 5.74) is 14.4. The van der Waals surface area contributed by atoms with Gasteiger partial charge in [0.1, 0.15) is 5.78 Å². The quantitative estimate of drug-likeness (QED) is 0.806. The van der Waals surface area contributed by atoms with Gasteiger partial charge in [0, 0.05) is 0 Å².